The molecule has 0 aliphatic carbocycles. The van der Waals surface area contributed by atoms with Gasteiger partial charge in [-0.2, -0.15) is 0 Å². The smallest absolute Gasteiger partial charge is 0.255 e. The van der Waals surface area contributed by atoms with Crippen molar-refractivity contribution in [3.63, 3.8) is 0 Å². The number of nitrogens with one attached hydrogen (secondary N) is 1. The van der Waals surface area contributed by atoms with Crippen LogP contribution < -0.4 is 10.1 Å². The Morgan fingerprint density at radius 3 is 2.65 bits per heavy atom. The topological polar surface area (TPSA) is 58.6 Å². The van der Waals surface area contributed by atoms with E-state index in [1.165, 1.54) is 0 Å². The van der Waals surface area contributed by atoms with Crippen molar-refractivity contribution >= 4 is 11.8 Å². The first kappa shape index (κ1) is 14.4. The predicted octanol–water partition coefficient (Wildman–Crippen LogP) is 1.44. The molecule has 1 N–H and O–H groups in total. The Morgan fingerprint density at radius 2 is 1.95 bits per heavy atom. The summed E-state index contributed by atoms with van der Waals surface area (Å²) in [6, 6.07) is 7.04. The molecular formula is C15H20N2O3. The average molecular weight is 276 g/mol. The van der Waals surface area contributed by atoms with E-state index in [-0.39, 0.29) is 18.4 Å². The number of rotatable bonds is 5. The molecular weight excluding hydrogens is 256 g/mol. The lowest BCUT2D eigenvalue weighted by atomic mass is 10.2. The summed E-state index contributed by atoms with van der Waals surface area (Å²) in [4.78, 5) is 25.8. The highest BCUT2D eigenvalue weighted by Gasteiger charge is 2.19. The second kappa shape index (κ2) is 6.93. The molecule has 1 aliphatic rings. The molecule has 0 atom stereocenters. The molecule has 2 amide bonds. The van der Waals surface area contributed by atoms with Gasteiger partial charge >= 0.3 is 0 Å². The Balaban J connectivity index is 1.92. The lowest BCUT2D eigenvalue weighted by Crippen LogP contribution is -2.38. The second-order valence-corrected chi connectivity index (χ2v) is 4.70. The molecule has 1 aromatic rings. The number of ether oxygens (including phenoxy) is 1. The SMILES string of the molecule is CCOc1ccccc1C(=O)NCC(=O)N1CCCC1. The van der Waals surface area contributed by atoms with Gasteiger partial charge in [-0.1, -0.05) is 12.1 Å². The molecule has 1 fully saturated rings. The van der Waals surface area contributed by atoms with Crippen molar-refractivity contribution in [2.45, 2.75) is 19.8 Å². The highest BCUT2D eigenvalue weighted by atomic mass is 16.5. The van der Waals surface area contributed by atoms with Crippen LogP contribution in [-0.4, -0.2) is 43.0 Å². The Hall–Kier alpha value is -2.04. The third-order valence-electron chi connectivity index (χ3n) is 3.29. The van der Waals surface area contributed by atoms with Crippen LogP contribution in [0.1, 0.15) is 30.1 Å². The molecule has 108 valence electrons. The van der Waals surface area contributed by atoms with E-state index in [2.05, 4.69) is 5.32 Å². The Kier molecular flexibility index (Phi) is 4.98. The molecule has 0 unspecified atom stereocenters. The number of likely N-dealkylation sites (tertiary alicyclic amines) is 1. The van der Waals surface area contributed by atoms with Gasteiger partial charge in [-0.05, 0) is 31.9 Å². The van der Waals surface area contributed by atoms with Gasteiger partial charge in [-0.3, -0.25) is 9.59 Å². The van der Waals surface area contributed by atoms with Gasteiger partial charge in [0.05, 0.1) is 18.7 Å². The zero-order valence-electron chi connectivity index (χ0n) is 11.7. The molecule has 1 aliphatic heterocycles. The molecule has 20 heavy (non-hydrogen) atoms. The van der Waals surface area contributed by atoms with Crippen LogP contribution in [0.5, 0.6) is 5.75 Å². The third kappa shape index (κ3) is 3.50. The van der Waals surface area contributed by atoms with Gasteiger partial charge in [0.2, 0.25) is 5.91 Å². The zero-order chi connectivity index (χ0) is 14.4. The van der Waals surface area contributed by atoms with Crippen molar-refractivity contribution in [1.29, 1.82) is 0 Å². The van der Waals surface area contributed by atoms with Crippen molar-refractivity contribution in [2.75, 3.05) is 26.2 Å². The van der Waals surface area contributed by atoms with Gasteiger partial charge in [0, 0.05) is 13.1 Å². The molecule has 0 saturated carbocycles. The summed E-state index contributed by atoms with van der Waals surface area (Å²) < 4.78 is 5.41. The van der Waals surface area contributed by atoms with Crippen molar-refractivity contribution in [3.8, 4) is 5.75 Å². The molecule has 0 bridgehead atoms. The summed E-state index contributed by atoms with van der Waals surface area (Å²) in [6.07, 6.45) is 2.10. The molecule has 5 heteroatoms. The number of hydrogen-bond acceptors (Lipinski definition) is 3. The minimum atomic E-state index is -0.276. The van der Waals surface area contributed by atoms with E-state index in [1.54, 1.807) is 23.1 Å². The second-order valence-electron chi connectivity index (χ2n) is 4.70. The molecule has 1 heterocycles. The van der Waals surface area contributed by atoms with Crippen molar-refractivity contribution in [2.24, 2.45) is 0 Å². The normalized spacial score (nSPS) is 14.2. The number of para-hydroxylation sites is 1. The summed E-state index contributed by atoms with van der Waals surface area (Å²) in [6.45, 7) is 4.00. The van der Waals surface area contributed by atoms with E-state index in [1.807, 2.05) is 13.0 Å². The Labute approximate surface area is 118 Å². The van der Waals surface area contributed by atoms with Gasteiger partial charge in [0.25, 0.3) is 5.91 Å². The van der Waals surface area contributed by atoms with E-state index in [0.717, 1.165) is 25.9 Å². The van der Waals surface area contributed by atoms with Crippen LogP contribution in [0.2, 0.25) is 0 Å². The maximum atomic E-state index is 12.1. The number of benzene rings is 1. The maximum absolute atomic E-state index is 12.1. The Morgan fingerprint density at radius 1 is 1.25 bits per heavy atom. The van der Waals surface area contributed by atoms with Gasteiger partial charge in [0.1, 0.15) is 5.75 Å². The van der Waals surface area contributed by atoms with Crippen molar-refractivity contribution in [1.82, 2.24) is 10.2 Å². The molecule has 5 nitrogen and oxygen atoms in total. The van der Waals surface area contributed by atoms with E-state index in [9.17, 15) is 9.59 Å². The minimum Gasteiger partial charge on any atom is -0.493 e. The fraction of sp³-hybridized carbons (Fsp3) is 0.467. The largest absolute Gasteiger partial charge is 0.493 e. The summed E-state index contributed by atoms with van der Waals surface area (Å²) in [7, 11) is 0. The minimum absolute atomic E-state index is 0.0234. The third-order valence-corrected chi connectivity index (χ3v) is 3.29. The summed E-state index contributed by atoms with van der Waals surface area (Å²) in [5.41, 5.74) is 0.462. The van der Waals surface area contributed by atoms with Crippen LogP contribution in [0.3, 0.4) is 0 Å². The summed E-state index contributed by atoms with van der Waals surface area (Å²) in [5.74, 6) is 0.243. The van der Waals surface area contributed by atoms with E-state index in [4.69, 9.17) is 4.74 Å². The predicted molar refractivity (Wildman–Crippen MR) is 75.8 cm³/mol. The summed E-state index contributed by atoms with van der Waals surface area (Å²) >= 11 is 0. The molecule has 0 aromatic heterocycles. The van der Waals surface area contributed by atoms with E-state index < -0.39 is 0 Å². The first-order valence-electron chi connectivity index (χ1n) is 7.00. The number of nitrogens with zero attached hydrogens (tertiary/aromatic N) is 1. The van der Waals surface area contributed by atoms with Crippen molar-refractivity contribution in [3.05, 3.63) is 29.8 Å². The number of carbonyl (C=O) groups excluding carboxylic acids is 2. The average Bonchev–Trinajstić information content (AvgIpc) is 2.99. The quantitative estimate of drug-likeness (QED) is 0.885. The van der Waals surface area contributed by atoms with Crippen LogP contribution in [0.4, 0.5) is 0 Å². The molecule has 1 saturated heterocycles. The first-order chi connectivity index (χ1) is 9.72. The number of amides is 2. The zero-order valence-corrected chi connectivity index (χ0v) is 11.7. The summed E-state index contributed by atoms with van der Waals surface area (Å²) in [5, 5.41) is 2.66. The van der Waals surface area contributed by atoms with Crippen LogP contribution in [-0.2, 0) is 4.79 Å². The highest BCUT2D eigenvalue weighted by molar-refractivity contribution is 5.98. The fourth-order valence-electron chi connectivity index (χ4n) is 2.27. The van der Waals surface area contributed by atoms with Gasteiger partial charge in [-0.25, -0.2) is 0 Å². The molecule has 0 spiro atoms. The van der Waals surface area contributed by atoms with Crippen molar-refractivity contribution < 1.29 is 14.3 Å². The van der Waals surface area contributed by atoms with E-state index >= 15 is 0 Å². The molecule has 2 rings (SSSR count). The highest BCUT2D eigenvalue weighted by Crippen LogP contribution is 2.17. The lowest BCUT2D eigenvalue weighted by Gasteiger charge is -2.16. The number of hydrogen-bond donors (Lipinski definition) is 1. The Bertz CT molecular complexity index is 482. The molecule has 0 radical (unpaired) electrons. The number of carbonyl (C=O) groups is 2. The first-order valence-corrected chi connectivity index (χ1v) is 7.00. The van der Waals surface area contributed by atoms with Crippen LogP contribution >= 0.6 is 0 Å². The van der Waals surface area contributed by atoms with Crippen LogP contribution in [0.15, 0.2) is 24.3 Å². The standard InChI is InChI=1S/C15H20N2O3/c1-2-20-13-8-4-3-7-12(13)15(19)16-11-14(18)17-9-5-6-10-17/h3-4,7-8H,2,5-6,9-11H2,1H3,(H,16,19). The van der Waals surface area contributed by atoms with Gasteiger partial charge in [-0.15, -0.1) is 0 Å². The van der Waals surface area contributed by atoms with Crippen LogP contribution in [0.25, 0.3) is 0 Å². The fourth-order valence-corrected chi connectivity index (χ4v) is 2.27. The van der Waals surface area contributed by atoms with Crippen LogP contribution in [0, 0.1) is 0 Å². The van der Waals surface area contributed by atoms with Gasteiger partial charge in [0.15, 0.2) is 0 Å². The van der Waals surface area contributed by atoms with Gasteiger partial charge < -0.3 is 15.0 Å². The maximum Gasteiger partial charge on any atom is 0.255 e. The monoisotopic (exact) mass is 276 g/mol. The lowest BCUT2D eigenvalue weighted by molar-refractivity contribution is -0.129. The van der Waals surface area contributed by atoms with E-state index in [0.29, 0.717) is 17.9 Å². The molecule has 1 aromatic carbocycles.